The fourth-order valence-corrected chi connectivity index (χ4v) is 1.64. The molecular weight excluding hydrogens is 360 g/mol. The van der Waals surface area contributed by atoms with Gasteiger partial charge in [0, 0.05) is 0 Å². The summed E-state index contributed by atoms with van der Waals surface area (Å²) in [5, 5.41) is 0. The summed E-state index contributed by atoms with van der Waals surface area (Å²) in [6.07, 6.45) is 0.230. The predicted molar refractivity (Wildman–Crippen MR) is 96.6 cm³/mol. The highest BCUT2D eigenvalue weighted by Crippen LogP contribution is 2.07. The molecule has 160 valence electrons. The second kappa shape index (κ2) is 16.9. The first kappa shape index (κ1) is 25.7. The summed E-state index contributed by atoms with van der Waals surface area (Å²) in [6.45, 7) is 9.10. The minimum Gasteiger partial charge on any atom is -0.467 e. The zero-order valence-corrected chi connectivity index (χ0v) is 17.0. The molecule has 0 N–H and O–H groups in total. The van der Waals surface area contributed by atoms with Crippen molar-refractivity contribution >= 4 is 11.9 Å². The molecule has 0 aliphatic rings. The van der Waals surface area contributed by atoms with Crippen molar-refractivity contribution in [3.05, 3.63) is 0 Å². The molecule has 0 aromatic heterocycles. The Balaban J connectivity index is 3.17. The number of hydrogen-bond acceptors (Lipinski definition) is 9. The van der Waals surface area contributed by atoms with Crippen LogP contribution in [0.4, 0.5) is 0 Å². The number of esters is 2. The zero-order chi connectivity index (χ0) is 20.4. The molecule has 0 amide bonds. The van der Waals surface area contributed by atoms with Crippen molar-refractivity contribution in [2.24, 2.45) is 0 Å². The SMILES string of the molecule is COC(=O)COCCOCCOCCOCCOCCC(=O)OC(C)(C)C. The first-order valence-corrected chi connectivity index (χ1v) is 9.02. The van der Waals surface area contributed by atoms with E-state index in [2.05, 4.69) is 4.74 Å². The molecule has 9 heteroatoms. The summed E-state index contributed by atoms with van der Waals surface area (Å²) in [7, 11) is 1.31. The second-order valence-corrected chi connectivity index (χ2v) is 6.41. The molecule has 0 bridgehead atoms. The van der Waals surface area contributed by atoms with E-state index in [4.69, 9.17) is 28.4 Å². The van der Waals surface area contributed by atoms with E-state index in [1.807, 2.05) is 20.8 Å². The molecule has 0 radical (unpaired) electrons. The van der Waals surface area contributed by atoms with Crippen LogP contribution in [0.3, 0.4) is 0 Å². The minimum atomic E-state index is -0.469. The first-order chi connectivity index (χ1) is 12.8. The van der Waals surface area contributed by atoms with Crippen LogP contribution in [-0.2, 0) is 42.7 Å². The van der Waals surface area contributed by atoms with Crippen LogP contribution in [0.25, 0.3) is 0 Å². The van der Waals surface area contributed by atoms with Crippen LogP contribution in [0, 0.1) is 0 Å². The molecule has 27 heavy (non-hydrogen) atoms. The third-order valence-electron chi connectivity index (χ3n) is 2.81. The van der Waals surface area contributed by atoms with Crippen LogP contribution in [0.1, 0.15) is 27.2 Å². The van der Waals surface area contributed by atoms with E-state index < -0.39 is 11.6 Å². The Morgan fingerprint density at radius 1 is 0.630 bits per heavy atom. The van der Waals surface area contributed by atoms with Crippen molar-refractivity contribution in [1.82, 2.24) is 0 Å². The van der Waals surface area contributed by atoms with Crippen molar-refractivity contribution < 1.29 is 42.7 Å². The van der Waals surface area contributed by atoms with Crippen molar-refractivity contribution in [3.8, 4) is 0 Å². The average Bonchev–Trinajstić information content (AvgIpc) is 2.59. The lowest BCUT2D eigenvalue weighted by atomic mass is 10.2. The standard InChI is InChI=1S/C18H34O9/c1-18(2,3)27-16(19)5-6-22-7-8-23-9-10-24-11-12-25-13-14-26-15-17(20)21-4/h5-15H2,1-4H3. The monoisotopic (exact) mass is 394 g/mol. The van der Waals surface area contributed by atoms with Gasteiger partial charge in [-0.25, -0.2) is 4.79 Å². The maximum Gasteiger partial charge on any atom is 0.331 e. The van der Waals surface area contributed by atoms with E-state index in [9.17, 15) is 9.59 Å². The molecule has 0 fully saturated rings. The Kier molecular flexibility index (Phi) is 16.1. The quantitative estimate of drug-likeness (QED) is 0.264. The molecule has 0 heterocycles. The van der Waals surface area contributed by atoms with E-state index in [0.717, 1.165) is 0 Å². The number of methoxy groups -OCH3 is 1. The molecule has 0 rings (SSSR count). The van der Waals surface area contributed by atoms with E-state index in [0.29, 0.717) is 59.5 Å². The zero-order valence-electron chi connectivity index (χ0n) is 17.0. The van der Waals surface area contributed by atoms with Crippen LogP contribution < -0.4 is 0 Å². The Hall–Kier alpha value is -1.26. The second-order valence-electron chi connectivity index (χ2n) is 6.41. The number of ether oxygens (including phenoxy) is 7. The van der Waals surface area contributed by atoms with Gasteiger partial charge < -0.3 is 33.2 Å². The van der Waals surface area contributed by atoms with Gasteiger partial charge in [-0.05, 0) is 20.8 Å². The number of carbonyl (C=O) groups is 2. The highest BCUT2D eigenvalue weighted by Gasteiger charge is 2.15. The summed E-state index contributed by atoms with van der Waals surface area (Å²) < 4.78 is 35.9. The van der Waals surface area contributed by atoms with Crippen molar-refractivity contribution in [2.45, 2.75) is 32.8 Å². The van der Waals surface area contributed by atoms with Crippen molar-refractivity contribution in [3.63, 3.8) is 0 Å². The Labute approximate surface area is 161 Å². The molecule has 0 saturated heterocycles. The topological polar surface area (TPSA) is 98.8 Å². The smallest absolute Gasteiger partial charge is 0.331 e. The Bertz CT molecular complexity index is 380. The lowest BCUT2D eigenvalue weighted by Gasteiger charge is -2.19. The lowest BCUT2D eigenvalue weighted by Crippen LogP contribution is -2.24. The molecule has 0 aliphatic carbocycles. The van der Waals surface area contributed by atoms with E-state index in [-0.39, 0.29) is 19.0 Å². The van der Waals surface area contributed by atoms with Crippen LogP contribution in [0.15, 0.2) is 0 Å². The normalized spacial score (nSPS) is 11.4. The first-order valence-electron chi connectivity index (χ1n) is 9.02. The third-order valence-corrected chi connectivity index (χ3v) is 2.81. The van der Waals surface area contributed by atoms with Gasteiger partial charge in [0.2, 0.25) is 0 Å². The molecule has 0 atom stereocenters. The van der Waals surface area contributed by atoms with Crippen molar-refractivity contribution in [2.75, 3.05) is 73.2 Å². The van der Waals surface area contributed by atoms with Gasteiger partial charge >= 0.3 is 11.9 Å². The summed E-state index contributed by atoms with van der Waals surface area (Å²) >= 11 is 0. The minimum absolute atomic E-state index is 0.0710. The van der Waals surface area contributed by atoms with Crippen molar-refractivity contribution in [1.29, 1.82) is 0 Å². The summed E-state index contributed by atoms with van der Waals surface area (Å²) in [4.78, 5) is 22.2. The van der Waals surface area contributed by atoms with Gasteiger partial charge in [-0.15, -0.1) is 0 Å². The highest BCUT2D eigenvalue weighted by atomic mass is 16.6. The largest absolute Gasteiger partial charge is 0.467 e. The maximum atomic E-state index is 11.4. The molecule has 9 nitrogen and oxygen atoms in total. The Morgan fingerprint density at radius 2 is 1.04 bits per heavy atom. The molecule has 0 spiro atoms. The van der Waals surface area contributed by atoms with Gasteiger partial charge in [-0.2, -0.15) is 0 Å². The fraction of sp³-hybridized carbons (Fsp3) is 0.889. The Morgan fingerprint density at radius 3 is 1.44 bits per heavy atom. The molecule has 0 aromatic rings. The predicted octanol–water partition coefficient (Wildman–Crippen LogP) is 0.974. The van der Waals surface area contributed by atoms with Crippen LogP contribution >= 0.6 is 0 Å². The molecule has 0 aromatic carbocycles. The molecule has 0 unspecified atom stereocenters. The van der Waals surface area contributed by atoms with Crippen LogP contribution in [-0.4, -0.2) is 90.7 Å². The van der Waals surface area contributed by atoms with Crippen LogP contribution in [0.5, 0.6) is 0 Å². The maximum absolute atomic E-state index is 11.4. The van der Waals surface area contributed by atoms with E-state index >= 15 is 0 Å². The third kappa shape index (κ3) is 20.9. The van der Waals surface area contributed by atoms with Gasteiger partial charge in [-0.3, -0.25) is 4.79 Å². The summed E-state index contributed by atoms with van der Waals surface area (Å²) in [6, 6.07) is 0. The van der Waals surface area contributed by atoms with Crippen LogP contribution in [0.2, 0.25) is 0 Å². The van der Waals surface area contributed by atoms with E-state index in [1.165, 1.54) is 7.11 Å². The fourth-order valence-electron chi connectivity index (χ4n) is 1.64. The summed E-state index contributed by atoms with van der Waals surface area (Å²) in [5.74, 6) is -0.680. The number of hydrogen-bond donors (Lipinski definition) is 0. The number of carbonyl (C=O) groups excluding carboxylic acids is 2. The van der Waals surface area contributed by atoms with Gasteiger partial charge in [0.25, 0.3) is 0 Å². The van der Waals surface area contributed by atoms with Gasteiger partial charge in [-0.1, -0.05) is 0 Å². The van der Waals surface area contributed by atoms with Gasteiger partial charge in [0.15, 0.2) is 0 Å². The average molecular weight is 394 g/mol. The summed E-state index contributed by atoms with van der Waals surface area (Å²) in [5.41, 5.74) is -0.469. The molecule has 0 saturated carbocycles. The molecular formula is C18H34O9. The highest BCUT2D eigenvalue weighted by molar-refractivity contribution is 5.70. The molecule has 0 aliphatic heterocycles. The van der Waals surface area contributed by atoms with Gasteiger partial charge in [0.1, 0.15) is 12.2 Å². The van der Waals surface area contributed by atoms with E-state index in [1.54, 1.807) is 0 Å². The number of rotatable bonds is 17. The lowest BCUT2D eigenvalue weighted by molar-refractivity contribution is -0.156. The van der Waals surface area contributed by atoms with Gasteiger partial charge in [0.05, 0.1) is 73.0 Å².